The van der Waals surface area contributed by atoms with Gasteiger partial charge in [0.25, 0.3) is 0 Å². The Morgan fingerprint density at radius 2 is 1.52 bits per heavy atom. The summed E-state index contributed by atoms with van der Waals surface area (Å²) in [6.07, 6.45) is 3.77. The molecule has 0 aromatic carbocycles. The second kappa shape index (κ2) is 16.2. The van der Waals surface area contributed by atoms with Gasteiger partial charge in [-0.2, -0.15) is 24.4 Å². The third kappa shape index (κ3) is 11.6. The van der Waals surface area contributed by atoms with Crippen LogP contribution in [0.4, 0.5) is 0 Å². The first kappa shape index (κ1) is 29.5. The molecule has 12 heteroatoms. The number of carbonyl (C=O) groups excluding carboxylic acids is 3. The molecule has 0 saturated heterocycles. The molecule has 0 aromatic heterocycles. The van der Waals surface area contributed by atoms with Gasteiger partial charge in [-0.3, -0.25) is 14.4 Å². The van der Waals surface area contributed by atoms with Crippen molar-refractivity contribution in [3.8, 4) is 0 Å². The molecule has 4 unspecified atom stereocenters. The minimum absolute atomic E-state index is 0.119. The predicted molar refractivity (Wildman–Crippen MR) is 126 cm³/mol. The summed E-state index contributed by atoms with van der Waals surface area (Å²) >= 11 is 5.49. The highest BCUT2D eigenvalue weighted by Crippen LogP contribution is 2.08. The van der Waals surface area contributed by atoms with Crippen molar-refractivity contribution < 1.29 is 24.3 Å². The second-order valence-electron chi connectivity index (χ2n) is 7.55. The summed E-state index contributed by atoms with van der Waals surface area (Å²) < 4.78 is 0. The maximum atomic E-state index is 12.9. The van der Waals surface area contributed by atoms with E-state index in [0.29, 0.717) is 38.0 Å². The molecule has 0 fully saturated rings. The Morgan fingerprint density at radius 1 is 0.968 bits per heavy atom. The number of carbonyl (C=O) groups is 4. The molecule has 4 atom stereocenters. The molecule has 0 aromatic rings. The molecule has 0 radical (unpaired) electrons. The number of rotatable bonds is 16. The Kier molecular flexibility index (Phi) is 15.4. The maximum absolute atomic E-state index is 12.9. The third-order valence-electron chi connectivity index (χ3n) is 4.59. The summed E-state index contributed by atoms with van der Waals surface area (Å²) in [4.78, 5) is 49.2. The van der Waals surface area contributed by atoms with Crippen molar-refractivity contribution >= 4 is 48.1 Å². The van der Waals surface area contributed by atoms with Crippen molar-refractivity contribution in [2.45, 2.75) is 63.7 Å². The van der Waals surface area contributed by atoms with E-state index in [1.807, 2.05) is 6.26 Å². The number of thioether (sulfide) groups is 1. The van der Waals surface area contributed by atoms with Crippen molar-refractivity contribution in [2.24, 2.45) is 17.4 Å². The van der Waals surface area contributed by atoms with E-state index in [4.69, 9.17) is 11.5 Å². The first-order chi connectivity index (χ1) is 14.6. The molecule has 31 heavy (non-hydrogen) atoms. The Balaban J connectivity index is 5.38. The molecule has 180 valence electrons. The van der Waals surface area contributed by atoms with Gasteiger partial charge in [0.15, 0.2) is 0 Å². The van der Waals surface area contributed by atoms with Gasteiger partial charge < -0.3 is 32.5 Å². The predicted octanol–water partition coefficient (Wildman–Crippen LogP) is -0.679. The number of hydrogen-bond acceptors (Lipinski definition) is 8. The van der Waals surface area contributed by atoms with E-state index in [1.165, 1.54) is 11.8 Å². The van der Waals surface area contributed by atoms with Crippen LogP contribution in [0, 0.1) is 5.92 Å². The van der Waals surface area contributed by atoms with Crippen molar-refractivity contribution in [3.05, 3.63) is 0 Å². The lowest BCUT2D eigenvalue weighted by Gasteiger charge is -2.26. The zero-order chi connectivity index (χ0) is 24.0. The molecule has 10 nitrogen and oxygen atoms in total. The zero-order valence-electron chi connectivity index (χ0n) is 18.4. The molecule has 0 saturated carbocycles. The minimum Gasteiger partial charge on any atom is -0.480 e. The average Bonchev–Trinajstić information content (AvgIpc) is 2.72. The van der Waals surface area contributed by atoms with Gasteiger partial charge in [-0.1, -0.05) is 13.8 Å². The molecule has 8 N–H and O–H groups in total. The van der Waals surface area contributed by atoms with Crippen molar-refractivity contribution in [3.63, 3.8) is 0 Å². The van der Waals surface area contributed by atoms with Gasteiger partial charge >= 0.3 is 5.97 Å². The van der Waals surface area contributed by atoms with Gasteiger partial charge in [0.05, 0.1) is 6.04 Å². The lowest BCUT2D eigenvalue weighted by atomic mass is 10.0. The number of nitrogens with two attached hydrogens (primary N) is 2. The molecular formula is C19H37N5O5S2. The number of carboxylic acid groups (broad SMARTS) is 1. The quantitative estimate of drug-likeness (QED) is 0.112. The number of nitrogens with one attached hydrogen (secondary N) is 3. The van der Waals surface area contributed by atoms with E-state index >= 15 is 0 Å². The van der Waals surface area contributed by atoms with Crippen LogP contribution in [0.15, 0.2) is 0 Å². The van der Waals surface area contributed by atoms with Crippen LogP contribution in [0.2, 0.25) is 0 Å². The highest BCUT2D eigenvalue weighted by Gasteiger charge is 2.30. The summed E-state index contributed by atoms with van der Waals surface area (Å²) in [7, 11) is 0. The van der Waals surface area contributed by atoms with Crippen LogP contribution in [0.3, 0.4) is 0 Å². The molecule has 0 aliphatic heterocycles. The number of carboxylic acids is 1. The lowest BCUT2D eigenvalue weighted by Crippen LogP contribution is -2.57. The highest BCUT2D eigenvalue weighted by molar-refractivity contribution is 7.98. The number of amides is 3. The average molecular weight is 480 g/mol. The largest absolute Gasteiger partial charge is 0.480 e. The summed E-state index contributed by atoms with van der Waals surface area (Å²) in [6, 6.07) is -3.77. The Bertz CT molecular complexity index is 594. The number of unbranched alkanes of at least 4 members (excludes halogenated alkanes) is 1. The van der Waals surface area contributed by atoms with Gasteiger partial charge in [-0.05, 0) is 50.2 Å². The Hall–Kier alpha value is -1.50. The monoisotopic (exact) mass is 479 g/mol. The summed E-state index contributed by atoms with van der Waals surface area (Å²) in [5, 5.41) is 17.1. The summed E-state index contributed by atoms with van der Waals surface area (Å²) in [5.74, 6) is -2.41. The van der Waals surface area contributed by atoms with Crippen LogP contribution < -0.4 is 27.4 Å². The summed E-state index contributed by atoms with van der Waals surface area (Å²) in [6.45, 7) is 3.81. The van der Waals surface area contributed by atoms with E-state index < -0.39 is 47.9 Å². The van der Waals surface area contributed by atoms with Crippen molar-refractivity contribution in [1.29, 1.82) is 0 Å². The standard InChI is InChI=1S/C19H37N5O5S2/c1-11(2)15(19(28)29)24-18(27)14(7-9-31-3)23-17(26)13(6-4-5-8-20)22-16(25)12(21)10-30/h11-15,30H,4-10,20-21H2,1-3H3,(H,22,25)(H,23,26)(H,24,27)(H,28,29). The van der Waals surface area contributed by atoms with Gasteiger partial charge in [0.2, 0.25) is 17.7 Å². The first-order valence-electron chi connectivity index (χ1n) is 10.3. The second-order valence-corrected chi connectivity index (χ2v) is 8.90. The van der Waals surface area contributed by atoms with Gasteiger partial charge in [-0.15, -0.1) is 0 Å². The van der Waals surface area contributed by atoms with Crippen LogP contribution in [-0.4, -0.2) is 77.3 Å². The Morgan fingerprint density at radius 3 is 2.00 bits per heavy atom. The van der Waals surface area contributed by atoms with E-state index in [-0.39, 0.29) is 11.7 Å². The minimum atomic E-state index is -1.15. The molecule has 3 amide bonds. The fraction of sp³-hybridized carbons (Fsp3) is 0.789. The zero-order valence-corrected chi connectivity index (χ0v) is 20.1. The molecular weight excluding hydrogens is 442 g/mol. The fourth-order valence-corrected chi connectivity index (χ4v) is 3.30. The molecule has 0 aliphatic carbocycles. The van der Waals surface area contributed by atoms with Crippen LogP contribution in [0.1, 0.15) is 39.5 Å². The number of aliphatic carboxylic acids is 1. The van der Waals surface area contributed by atoms with Crippen LogP contribution in [-0.2, 0) is 19.2 Å². The van der Waals surface area contributed by atoms with Gasteiger partial charge in [0, 0.05) is 5.75 Å². The topological polar surface area (TPSA) is 177 Å². The number of thiol groups is 1. The SMILES string of the molecule is CSCCC(NC(=O)C(CCCCN)NC(=O)C(N)CS)C(=O)NC(C(=O)O)C(C)C. The van der Waals surface area contributed by atoms with Crippen LogP contribution >= 0.6 is 24.4 Å². The molecule has 0 spiro atoms. The third-order valence-corrected chi connectivity index (χ3v) is 5.62. The van der Waals surface area contributed by atoms with Crippen molar-refractivity contribution in [1.82, 2.24) is 16.0 Å². The van der Waals surface area contributed by atoms with E-state index in [1.54, 1.807) is 13.8 Å². The highest BCUT2D eigenvalue weighted by atomic mass is 32.2. The Labute approximate surface area is 193 Å². The van der Waals surface area contributed by atoms with Crippen LogP contribution in [0.25, 0.3) is 0 Å². The van der Waals surface area contributed by atoms with Crippen LogP contribution in [0.5, 0.6) is 0 Å². The molecule has 0 aliphatic rings. The summed E-state index contributed by atoms with van der Waals surface area (Å²) in [5.41, 5.74) is 11.2. The van der Waals surface area contributed by atoms with E-state index in [2.05, 4.69) is 28.6 Å². The molecule has 0 rings (SSSR count). The number of hydrogen-bond donors (Lipinski definition) is 7. The first-order valence-corrected chi connectivity index (χ1v) is 12.3. The van der Waals surface area contributed by atoms with Gasteiger partial charge in [-0.25, -0.2) is 4.79 Å². The van der Waals surface area contributed by atoms with Crippen molar-refractivity contribution in [2.75, 3.05) is 24.3 Å². The van der Waals surface area contributed by atoms with Gasteiger partial charge in [0.1, 0.15) is 18.1 Å². The molecule has 0 heterocycles. The lowest BCUT2D eigenvalue weighted by molar-refractivity contribution is -0.143. The van der Waals surface area contributed by atoms with E-state index in [9.17, 15) is 24.3 Å². The smallest absolute Gasteiger partial charge is 0.326 e. The fourth-order valence-electron chi connectivity index (χ4n) is 2.67. The molecule has 0 bridgehead atoms. The maximum Gasteiger partial charge on any atom is 0.326 e. The van der Waals surface area contributed by atoms with E-state index in [0.717, 1.165) is 0 Å². The normalized spacial score (nSPS) is 14.9.